The maximum Gasteiger partial charge on any atom is 0.222 e. The summed E-state index contributed by atoms with van der Waals surface area (Å²) in [6.45, 7) is 1.95. The van der Waals surface area contributed by atoms with Gasteiger partial charge < -0.3 is 4.90 Å². The van der Waals surface area contributed by atoms with Crippen LogP contribution in [0.25, 0.3) is 0 Å². The van der Waals surface area contributed by atoms with Gasteiger partial charge in [0.25, 0.3) is 0 Å². The second-order valence-electron chi connectivity index (χ2n) is 4.50. The van der Waals surface area contributed by atoms with Crippen molar-refractivity contribution in [2.75, 3.05) is 13.1 Å². The first-order valence-electron chi connectivity index (χ1n) is 6.28. The molecule has 1 aromatic rings. The molecule has 2 heterocycles. The van der Waals surface area contributed by atoms with Crippen molar-refractivity contribution < 1.29 is 4.79 Å². The van der Waals surface area contributed by atoms with Crippen LogP contribution in [0.5, 0.6) is 0 Å². The van der Waals surface area contributed by atoms with Crippen LogP contribution in [0.1, 0.15) is 37.0 Å². The first kappa shape index (κ1) is 13.1. The zero-order chi connectivity index (χ0) is 12.1. The van der Waals surface area contributed by atoms with Crippen molar-refractivity contribution in [2.24, 2.45) is 0 Å². The molecule has 0 aromatic carbocycles. The van der Waals surface area contributed by atoms with Crippen LogP contribution >= 0.6 is 27.3 Å². The number of carbonyl (C=O) groups excluding carboxylic acids is 1. The zero-order valence-electron chi connectivity index (χ0n) is 9.95. The molecule has 1 aliphatic rings. The Morgan fingerprint density at radius 1 is 1.29 bits per heavy atom. The minimum atomic E-state index is 0.348. The number of nitrogens with zero attached hydrogens (tertiary/aromatic N) is 1. The predicted molar refractivity (Wildman–Crippen MR) is 75.4 cm³/mol. The van der Waals surface area contributed by atoms with Gasteiger partial charge in [-0.25, -0.2) is 0 Å². The van der Waals surface area contributed by atoms with Crippen molar-refractivity contribution in [1.82, 2.24) is 4.90 Å². The van der Waals surface area contributed by atoms with Crippen molar-refractivity contribution in [3.05, 3.63) is 20.8 Å². The number of hydrogen-bond donors (Lipinski definition) is 0. The van der Waals surface area contributed by atoms with Crippen molar-refractivity contribution in [3.8, 4) is 0 Å². The highest BCUT2D eigenvalue weighted by Gasteiger charge is 2.15. The number of amides is 1. The molecule has 0 aliphatic carbocycles. The number of carbonyl (C=O) groups is 1. The minimum Gasteiger partial charge on any atom is -0.343 e. The fourth-order valence-corrected chi connectivity index (χ4v) is 3.73. The van der Waals surface area contributed by atoms with Gasteiger partial charge in [-0.05, 0) is 60.2 Å². The SMILES string of the molecule is O=C(CCCc1ccc(Br)s1)N1CCCCC1. The van der Waals surface area contributed by atoms with Gasteiger partial charge in [-0.3, -0.25) is 4.79 Å². The quantitative estimate of drug-likeness (QED) is 0.826. The Balaban J connectivity index is 1.69. The molecule has 94 valence electrons. The summed E-state index contributed by atoms with van der Waals surface area (Å²) in [4.78, 5) is 15.3. The lowest BCUT2D eigenvalue weighted by Crippen LogP contribution is -2.35. The Kier molecular flexibility index (Phi) is 5.04. The fraction of sp³-hybridized carbons (Fsp3) is 0.615. The van der Waals surface area contributed by atoms with Gasteiger partial charge in [0.15, 0.2) is 0 Å². The molecular weight excluding hydrogens is 298 g/mol. The second kappa shape index (κ2) is 6.55. The van der Waals surface area contributed by atoms with E-state index in [2.05, 4.69) is 28.1 Å². The maximum atomic E-state index is 11.9. The van der Waals surface area contributed by atoms with Gasteiger partial charge in [0.2, 0.25) is 5.91 Å². The average Bonchev–Trinajstić information content (AvgIpc) is 2.76. The number of rotatable bonds is 4. The molecule has 0 bridgehead atoms. The molecule has 4 heteroatoms. The Morgan fingerprint density at radius 2 is 2.06 bits per heavy atom. The van der Waals surface area contributed by atoms with Crippen LogP contribution in [-0.2, 0) is 11.2 Å². The summed E-state index contributed by atoms with van der Waals surface area (Å²) in [5.41, 5.74) is 0. The van der Waals surface area contributed by atoms with E-state index < -0.39 is 0 Å². The van der Waals surface area contributed by atoms with Gasteiger partial charge in [0.05, 0.1) is 3.79 Å². The van der Waals surface area contributed by atoms with Crippen molar-refractivity contribution in [2.45, 2.75) is 38.5 Å². The van der Waals surface area contributed by atoms with Crippen molar-refractivity contribution >= 4 is 33.2 Å². The smallest absolute Gasteiger partial charge is 0.222 e. The standard InChI is InChI=1S/C13H18BrNOS/c14-12-8-7-11(17-12)5-4-6-13(16)15-9-2-1-3-10-15/h7-8H,1-6,9-10H2. The Bertz CT molecular complexity index is 371. The summed E-state index contributed by atoms with van der Waals surface area (Å²) in [6, 6.07) is 4.21. The van der Waals surface area contributed by atoms with Crippen LogP contribution in [0.2, 0.25) is 0 Å². The lowest BCUT2D eigenvalue weighted by Gasteiger charge is -2.26. The average molecular weight is 316 g/mol. The van der Waals surface area contributed by atoms with Gasteiger partial charge in [0, 0.05) is 24.4 Å². The summed E-state index contributed by atoms with van der Waals surface area (Å²) >= 11 is 5.23. The number of aryl methyl sites for hydroxylation is 1. The van der Waals surface area contributed by atoms with E-state index in [4.69, 9.17) is 0 Å². The van der Waals surface area contributed by atoms with Crippen molar-refractivity contribution in [3.63, 3.8) is 0 Å². The Labute approximate surface area is 115 Å². The zero-order valence-corrected chi connectivity index (χ0v) is 12.4. The van der Waals surface area contributed by atoms with E-state index in [0.29, 0.717) is 12.3 Å². The number of likely N-dealkylation sites (tertiary alicyclic amines) is 1. The van der Waals surface area contributed by atoms with Gasteiger partial charge in [-0.1, -0.05) is 0 Å². The molecule has 1 amide bonds. The third kappa shape index (κ3) is 4.11. The van der Waals surface area contributed by atoms with Crippen LogP contribution in [0.3, 0.4) is 0 Å². The highest BCUT2D eigenvalue weighted by atomic mass is 79.9. The van der Waals surface area contributed by atoms with E-state index >= 15 is 0 Å². The van der Waals surface area contributed by atoms with E-state index in [1.807, 2.05) is 4.90 Å². The van der Waals surface area contributed by atoms with E-state index in [1.165, 1.54) is 27.9 Å². The van der Waals surface area contributed by atoms with E-state index in [-0.39, 0.29) is 0 Å². The summed E-state index contributed by atoms with van der Waals surface area (Å²) in [7, 11) is 0. The minimum absolute atomic E-state index is 0.348. The van der Waals surface area contributed by atoms with E-state index in [1.54, 1.807) is 11.3 Å². The highest BCUT2D eigenvalue weighted by molar-refractivity contribution is 9.11. The maximum absolute atomic E-state index is 11.9. The van der Waals surface area contributed by atoms with Crippen LogP contribution in [-0.4, -0.2) is 23.9 Å². The van der Waals surface area contributed by atoms with Gasteiger partial charge in [0.1, 0.15) is 0 Å². The Morgan fingerprint density at radius 3 is 2.71 bits per heavy atom. The lowest BCUT2D eigenvalue weighted by molar-refractivity contribution is -0.132. The monoisotopic (exact) mass is 315 g/mol. The molecule has 0 unspecified atom stereocenters. The first-order valence-corrected chi connectivity index (χ1v) is 7.88. The number of halogens is 1. The van der Waals surface area contributed by atoms with Crippen LogP contribution < -0.4 is 0 Å². The van der Waals surface area contributed by atoms with Crippen LogP contribution in [0, 0.1) is 0 Å². The van der Waals surface area contributed by atoms with E-state index in [9.17, 15) is 4.79 Å². The molecule has 17 heavy (non-hydrogen) atoms. The number of hydrogen-bond acceptors (Lipinski definition) is 2. The molecule has 1 saturated heterocycles. The number of thiophene rings is 1. The largest absolute Gasteiger partial charge is 0.343 e. The van der Waals surface area contributed by atoms with Gasteiger partial charge in [-0.2, -0.15) is 0 Å². The third-order valence-electron chi connectivity index (χ3n) is 3.15. The molecule has 0 N–H and O–H groups in total. The Hall–Kier alpha value is -0.350. The first-order chi connectivity index (χ1) is 8.25. The van der Waals surface area contributed by atoms with Crippen molar-refractivity contribution in [1.29, 1.82) is 0 Å². The normalized spacial score (nSPS) is 16.2. The summed E-state index contributed by atoms with van der Waals surface area (Å²) < 4.78 is 1.18. The second-order valence-corrected chi connectivity index (χ2v) is 7.05. The predicted octanol–water partition coefficient (Wildman–Crippen LogP) is 3.85. The molecule has 0 atom stereocenters. The molecule has 1 aromatic heterocycles. The van der Waals surface area contributed by atoms with Gasteiger partial charge in [-0.15, -0.1) is 11.3 Å². The molecule has 0 saturated carbocycles. The molecule has 2 nitrogen and oxygen atoms in total. The molecule has 1 fully saturated rings. The van der Waals surface area contributed by atoms with E-state index in [0.717, 1.165) is 25.9 Å². The summed E-state index contributed by atoms with van der Waals surface area (Å²) in [6.07, 6.45) is 6.36. The lowest BCUT2D eigenvalue weighted by atomic mass is 10.1. The molecular formula is C13H18BrNOS. The van der Waals surface area contributed by atoms with Gasteiger partial charge >= 0.3 is 0 Å². The molecule has 0 radical (unpaired) electrons. The van der Waals surface area contributed by atoms with Crippen LogP contribution in [0.4, 0.5) is 0 Å². The summed E-state index contributed by atoms with van der Waals surface area (Å²) in [5.74, 6) is 0.348. The molecule has 2 rings (SSSR count). The molecule has 0 spiro atoms. The fourth-order valence-electron chi connectivity index (χ4n) is 2.20. The van der Waals surface area contributed by atoms with Crippen LogP contribution in [0.15, 0.2) is 15.9 Å². The highest BCUT2D eigenvalue weighted by Crippen LogP contribution is 2.23. The summed E-state index contributed by atoms with van der Waals surface area (Å²) in [5, 5.41) is 0. The topological polar surface area (TPSA) is 20.3 Å². The molecule has 1 aliphatic heterocycles. The number of piperidine rings is 1. The third-order valence-corrected chi connectivity index (χ3v) is 4.83.